The summed E-state index contributed by atoms with van der Waals surface area (Å²) in [5.41, 5.74) is 5.24. The first kappa shape index (κ1) is 28.6. The van der Waals surface area contributed by atoms with Gasteiger partial charge in [-0.05, 0) is 0 Å². The molecule has 6 atom stereocenters. The molecule has 1 fully saturated rings. The second-order valence-corrected chi connectivity index (χ2v) is 7.94. The van der Waals surface area contributed by atoms with Gasteiger partial charge in [-0.1, -0.05) is 6.92 Å². The minimum Gasteiger partial charge on any atom is -0.369 e. The summed E-state index contributed by atoms with van der Waals surface area (Å²) < 4.78 is 47.6. The van der Waals surface area contributed by atoms with Gasteiger partial charge < -0.3 is 29.7 Å². The van der Waals surface area contributed by atoms with Crippen LogP contribution in [0.3, 0.4) is 0 Å². The van der Waals surface area contributed by atoms with Crippen molar-refractivity contribution in [1.29, 1.82) is 0 Å². The molecule has 1 aliphatic rings. The summed E-state index contributed by atoms with van der Waals surface area (Å²) in [4.78, 5) is 54.5. The first-order valence-electron chi connectivity index (χ1n) is 7.99. The van der Waals surface area contributed by atoms with Gasteiger partial charge in [0.2, 0.25) is 5.95 Å². The Morgan fingerprint density at radius 2 is 2.00 bits per heavy atom. The van der Waals surface area contributed by atoms with Crippen molar-refractivity contribution in [3.05, 3.63) is 16.7 Å². The van der Waals surface area contributed by atoms with E-state index in [-0.39, 0.29) is 56.4 Å². The molecule has 0 spiro atoms. The van der Waals surface area contributed by atoms with Crippen molar-refractivity contribution in [2.45, 2.75) is 25.4 Å². The minimum atomic E-state index is -3.22. The van der Waals surface area contributed by atoms with E-state index < -0.39 is 54.7 Å². The Kier molecular flexibility index (Phi) is 11.7. The van der Waals surface area contributed by atoms with E-state index in [4.69, 9.17) is 39.1 Å². The van der Waals surface area contributed by atoms with Crippen molar-refractivity contribution >= 4 is 41.9 Å². The van der Waals surface area contributed by atoms with Crippen LogP contribution in [0.2, 0.25) is 0 Å². The van der Waals surface area contributed by atoms with Crippen LogP contribution in [0.15, 0.2) is 11.1 Å². The van der Waals surface area contributed by atoms with Gasteiger partial charge in [-0.15, -0.1) is 9.42 Å². The Balaban J connectivity index is 0.000000885. The summed E-state index contributed by atoms with van der Waals surface area (Å²) in [5, 5.41) is 0. The third kappa shape index (κ3) is 7.81. The standard InChI is InChI=1S/C11H15N5O8P2.H3O3P.Y/c1-4-7(24-26(20)21)5(2-22-25(18)19)23-10(4)16-3-13-6-8(16)14-11(12)15-9(6)17;1-4(2)3;/h3-5,7,10,25H,2H2,1H3,(H4-,12,14,15,17,18,19,20,21);4H,(H2,1,2,3);/p+1/t4?,5-,7?,10-;;/m1../s1. The van der Waals surface area contributed by atoms with E-state index >= 15 is 0 Å². The maximum Gasteiger partial charge on any atom is 0.695 e. The maximum atomic E-state index is 11.9. The Morgan fingerprint density at radius 1 is 1.39 bits per heavy atom. The summed E-state index contributed by atoms with van der Waals surface area (Å²) in [5.74, 6) is -0.615. The van der Waals surface area contributed by atoms with Gasteiger partial charge in [0.05, 0.1) is 12.9 Å². The molecule has 16 nitrogen and oxygen atoms in total. The van der Waals surface area contributed by atoms with Gasteiger partial charge in [0.25, 0.3) is 5.56 Å². The van der Waals surface area contributed by atoms with Gasteiger partial charge >= 0.3 is 24.8 Å². The fraction of sp³-hybridized carbons (Fsp3) is 0.545. The number of hydrogen-bond donors (Lipinski definition) is 6. The molecular weight excluding hydrogens is 560 g/mol. The Morgan fingerprint density at radius 3 is 2.55 bits per heavy atom. The van der Waals surface area contributed by atoms with E-state index in [1.807, 2.05) is 0 Å². The molecule has 4 unspecified atom stereocenters. The number of nitrogen functional groups attached to an aromatic ring is 1. The van der Waals surface area contributed by atoms with Crippen LogP contribution in [-0.4, -0.2) is 57.9 Å². The molecule has 1 saturated heterocycles. The zero-order chi connectivity index (χ0) is 22.6. The molecule has 2 aromatic heterocycles. The number of H-pyrrole nitrogens is 1. The number of rotatable bonds is 6. The summed E-state index contributed by atoms with van der Waals surface area (Å²) in [6, 6.07) is 0. The van der Waals surface area contributed by atoms with Gasteiger partial charge in [-0.2, -0.15) is 4.98 Å². The topological polar surface area (TPSA) is 249 Å². The third-order valence-corrected chi connectivity index (χ3v) is 4.79. The van der Waals surface area contributed by atoms with Crippen molar-refractivity contribution in [3.63, 3.8) is 0 Å². The Bertz CT molecular complexity index is 1010. The molecule has 20 heteroatoms. The quantitative estimate of drug-likeness (QED) is 0.225. The molecular formula is C11H19N5O11P3Y+. The van der Waals surface area contributed by atoms with Crippen LogP contribution in [0, 0.1) is 5.92 Å². The van der Waals surface area contributed by atoms with Crippen molar-refractivity contribution in [2.24, 2.45) is 5.92 Å². The fourth-order valence-corrected chi connectivity index (χ4v) is 3.73. The second kappa shape index (κ2) is 12.7. The van der Waals surface area contributed by atoms with Gasteiger partial charge in [0.15, 0.2) is 17.3 Å². The molecule has 0 saturated carbocycles. The van der Waals surface area contributed by atoms with Gasteiger partial charge in [-0.25, -0.2) is 4.98 Å². The zero-order valence-electron chi connectivity index (χ0n) is 15.7. The minimum absolute atomic E-state index is 0. The number of nitrogens with one attached hydrogen (secondary N) is 1. The average Bonchev–Trinajstić information content (AvgIpc) is 3.14. The van der Waals surface area contributed by atoms with E-state index in [1.165, 1.54) is 10.9 Å². The van der Waals surface area contributed by atoms with Crippen LogP contribution in [0.1, 0.15) is 13.2 Å². The molecule has 0 amide bonds. The molecule has 3 heterocycles. The van der Waals surface area contributed by atoms with E-state index in [9.17, 15) is 13.9 Å². The van der Waals surface area contributed by atoms with Crippen molar-refractivity contribution in [2.75, 3.05) is 12.3 Å². The molecule has 7 N–H and O–H groups in total. The molecule has 31 heavy (non-hydrogen) atoms. The Labute approximate surface area is 200 Å². The van der Waals surface area contributed by atoms with Crippen LogP contribution in [-0.2, 0) is 60.2 Å². The van der Waals surface area contributed by atoms with Crippen molar-refractivity contribution < 1.29 is 79.8 Å². The molecule has 0 aromatic carbocycles. The number of anilines is 1. The summed E-state index contributed by atoms with van der Waals surface area (Å²) in [6.45, 7) is 1.35. The predicted octanol–water partition coefficient (Wildman–Crippen LogP) is -0.973. The number of ether oxygens (including phenoxy) is 1. The molecule has 171 valence electrons. The van der Waals surface area contributed by atoms with Crippen LogP contribution < -0.4 is 11.3 Å². The fourth-order valence-electron chi connectivity index (χ4n) is 2.89. The molecule has 3 rings (SSSR count). The maximum absolute atomic E-state index is 11.9. The number of nitrogens with zero attached hydrogens (tertiary/aromatic N) is 3. The van der Waals surface area contributed by atoms with Crippen molar-refractivity contribution in [1.82, 2.24) is 19.5 Å². The smallest absolute Gasteiger partial charge is 0.369 e. The van der Waals surface area contributed by atoms with Gasteiger partial charge in [0, 0.05) is 43.2 Å². The van der Waals surface area contributed by atoms with Gasteiger partial charge in [-0.3, -0.25) is 23.5 Å². The molecule has 1 radical (unpaired) electrons. The molecule has 0 bridgehead atoms. The zero-order valence-corrected chi connectivity index (χ0v) is 21.4. The molecule has 1 aliphatic heterocycles. The van der Waals surface area contributed by atoms with Crippen LogP contribution in [0.25, 0.3) is 11.2 Å². The normalized spacial score (nSPS) is 24.4. The van der Waals surface area contributed by atoms with Crippen LogP contribution in [0.4, 0.5) is 5.95 Å². The monoisotopic (exact) mass is 579 g/mol. The van der Waals surface area contributed by atoms with E-state index in [0.29, 0.717) is 0 Å². The summed E-state index contributed by atoms with van der Waals surface area (Å²) >= 11 is 0. The third-order valence-electron chi connectivity index (χ3n) is 3.96. The SMILES string of the molecule is CC1C(O[P+](=O)O)[C@@H](CO[PH](=O)O)O[C@H]1n1cnc2c(=O)[nH]c(N)nc21.O=[PH](O)O.[Y]. The number of aromatic amines is 1. The number of hydrogen-bond acceptors (Lipinski definition) is 10. The number of nitrogens with two attached hydrogens (primary N) is 1. The Hall–Kier alpha value is -0.466. The number of aromatic nitrogens is 4. The average molecular weight is 579 g/mol. The number of imidazole rings is 1. The van der Waals surface area contributed by atoms with Crippen LogP contribution >= 0.6 is 24.8 Å². The van der Waals surface area contributed by atoms with E-state index in [0.717, 1.165) is 0 Å². The second-order valence-electron chi connectivity index (χ2n) is 5.87. The van der Waals surface area contributed by atoms with Crippen LogP contribution in [0.5, 0.6) is 0 Å². The first-order valence-corrected chi connectivity index (χ1v) is 11.7. The number of fused-ring (bicyclic) bond motifs is 1. The molecule has 0 aliphatic carbocycles. The summed E-state index contributed by atoms with van der Waals surface area (Å²) in [6.07, 6.45) is -1.28. The first-order chi connectivity index (χ1) is 14.0. The van der Waals surface area contributed by atoms with Gasteiger partial charge in [0.1, 0.15) is 12.3 Å². The van der Waals surface area contributed by atoms with E-state index in [2.05, 4.69) is 19.5 Å². The predicted molar refractivity (Wildman–Crippen MR) is 101 cm³/mol. The van der Waals surface area contributed by atoms with Crippen molar-refractivity contribution in [3.8, 4) is 0 Å². The van der Waals surface area contributed by atoms with E-state index in [1.54, 1.807) is 6.92 Å². The summed E-state index contributed by atoms with van der Waals surface area (Å²) in [7, 11) is -9.30. The molecule has 2 aromatic rings. The largest absolute Gasteiger partial charge is 0.695 e.